The van der Waals surface area contributed by atoms with Crippen molar-refractivity contribution in [2.75, 3.05) is 7.11 Å². The fourth-order valence-corrected chi connectivity index (χ4v) is 11.9. The maximum atomic E-state index is 14.8. The third-order valence-corrected chi connectivity index (χ3v) is 14.6. The Kier molecular flexibility index (Phi) is 10.1. The molecule has 1 aliphatic heterocycles. The summed E-state index contributed by atoms with van der Waals surface area (Å²) in [7, 11) is 1.59. The number of carbonyl (C=O) groups is 3. The number of rotatable bonds is 10. The van der Waals surface area contributed by atoms with E-state index in [4.69, 9.17) is 9.47 Å². The molecule has 0 N–H and O–H groups in total. The Labute approximate surface area is 286 Å². The Morgan fingerprint density at radius 1 is 0.723 bits per heavy atom. The van der Waals surface area contributed by atoms with E-state index in [-0.39, 0.29) is 23.0 Å². The molecule has 0 radical (unpaired) electrons. The quantitative estimate of drug-likeness (QED) is 0.0723. The molecule has 5 aromatic rings. The smallest absolute Gasteiger partial charge is 0.356 e. The molecular weight excluding hydrogens is 693 g/mol. The molecule has 47 heavy (non-hydrogen) atoms. The number of esters is 1. The number of ether oxygens (including phenoxy) is 2. The molecule has 5 aromatic carbocycles. The minimum atomic E-state index is -3.11. The summed E-state index contributed by atoms with van der Waals surface area (Å²) < 4.78 is 11.4. The second-order valence-electron chi connectivity index (χ2n) is 10.7. The zero-order valence-corrected chi connectivity index (χ0v) is 28.7. The standard InChI is InChI=1S/C38H31BrNO5PS/c1-44-29-24-22-27(23-25-29)26-45-37(42)35(40-34(41)33(39)36(40)47-38(43)28-14-6-2-7-15-28)46(30-16-8-3-9-17-30,31-18-10-4-11-19-31)32-20-12-5-13-21-32/h2-25,33,36H,26H2,1H3. The lowest BCUT2D eigenvalue weighted by molar-refractivity contribution is -0.142. The molecule has 6 nitrogen and oxygen atoms in total. The SMILES string of the molecule is COc1ccc(COC(=O)C(N2C(=O)C(Br)C2SC(=O)c2ccccc2)=P(c2ccccc2)(c2ccccc2)c2ccccc2)cc1. The van der Waals surface area contributed by atoms with E-state index < -0.39 is 23.1 Å². The summed E-state index contributed by atoms with van der Waals surface area (Å²) in [6.45, 7) is -3.13. The first kappa shape index (κ1) is 32.6. The molecule has 1 amide bonds. The largest absolute Gasteiger partial charge is 0.497 e. The number of amides is 1. The summed E-state index contributed by atoms with van der Waals surface area (Å²) in [4.78, 5) is 43.2. The third kappa shape index (κ3) is 6.46. The molecule has 2 unspecified atom stereocenters. The number of benzene rings is 5. The van der Waals surface area contributed by atoms with Gasteiger partial charge in [-0.15, -0.1) is 0 Å². The van der Waals surface area contributed by atoms with E-state index in [9.17, 15) is 14.4 Å². The van der Waals surface area contributed by atoms with Crippen LogP contribution >= 0.6 is 34.6 Å². The zero-order valence-electron chi connectivity index (χ0n) is 25.4. The van der Waals surface area contributed by atoms with Crippen LogP contribution in [0.1, 0.15) is 15.9 Å². The Morgan fingerprint density at radius 3 is 1.66 bits per heavy atom. The highest BCUT2D eigenvalue weighted by Crippen LogP contribution is 2.50. The number of thioether (sulfide) groups is 1. The molecule has 0 saturated carbocycles. The first-order chi connectivity index (χ1) is 22.9. The molecule has 1 aliphatic rings. The van der Waals surface area contributed by atoms with E-state index >= 15 is 0 Å². The number of likely N-dealkylation sites (tertiary alicyclic amines) is 1. The number of alkyl halides is 1. The number of hydrogen-bond donors (Lipinski definition) is 0. The molecule has 1 heterocycles. The lowest BCUT2D eigenvalue weighted by atomic mass is 10.2. The van der Waals surface area contributed by atoms with Gasteiger partial charge in [-0.3, -0.25) is 14.5 Å². The van der Waals surface area contributed by atoms with Crippen LogP contribution in [0.5, 0.6) is 5.75 Å². The van der Waals surface area contributed by atoms with Crippen molar-refractivity contribution in [3.63, 3.8) is 0 Å². The van der Waals surface area contributed by atoms with Gasteiger partial charge < -0.3 is 9.47 Å². The van der Waals surface area contributed by atoms with E-state index in [1.165, 1.54) is 4.90 Å². The number of carbonyl (C=O) groups excluding carboxylic acids is 3. The maximum absolute atomic E-state index is 14.8. The van der Waals surface area contributed by atoms with Gasteiger partial charge in [0.05, 0.1) is 7.11 Å². The summed E-state index contributed by atoms with van der Waals surface area (Å²) in [6.07, 6.45) is 0. The van der Waals surface area contributed by atoms with E-state index in [1.807, 2.05) is 109 Å². The normalized spacial score (nSPS) is 15.8. The molecule has 0 aliphatic carbocycles. The molecule has 1 fully saturated rings. The first-order valence-corrected chi connectivity index (χ1v) is 18.5. The van der Waals surface area contributed by atoms with E-state index in [0.29, 0.717) is 11.3 Å². The van der Waals surface area contributed by atoms with Gasteiger partial charge in [0.2, 0.25) is 11.0 Å². The average molecular weight is 725 g/mol. The van der Waals surface area contributed by atoms with Crippen LogP contribution in [0.15, 0.2) is 146 Å². The molecule has 1 saturated heterocycles. The third-order valence-electron chi connectivity index (χ3n) is 7.90. The second-order valence-corrected chi connectivity index (χ2v) is 16.1. The predicted molar refractivity (Wildman–Crippen MR) is 195 cm³/mol. The van der Waals surface area contributed by atoms with Gasteiger partial charge in [0.25, 0.3) is 0 Å². The lowest BCUT2D eigenvalue weighted by Gasteiger charge is -2.47. The fraction of sp³-hybridized carbons (Fsp3) is 0.105. The Bertz CT molecular complexity index is 1820. The van der Waals surface area contributed by atoms with Crippen LogP contribution in [-0.4, -0.2) is 44.6 Å². The molecule has 2 atom stereocenters. The maximum Gasteiger partial charge on any atom is 0.356 e. The van der Waals surface area contributed by atoms with Gasteiger partial charge >= 0.3 is 5.97 Å². The predicted octanol–water partition coefficient (Wildman–Crippen LogP) is 6.37. The summed E-state index contributed by atoms with van der Waals surface area (Å²) in [5.74, 6) is -0.254. The van der Waals surface area contributed by atoms with Crippen molar-refractivity contribution in [1.29, 1.82) is 0 Å². The van der Waals surface area contributed by atoms with Gasteiger partial charge in [-0.05, 0) is 33.6 Å². The minimum absolute atomic E-state index is 0.0226. The van der Waals surface area contributed by atoms with Crippen molar-refractivity contribution in [2.45, 2.75) is 16.8 Å². The van der Waals surface area contributed by atoms with Gasteiger partial charge in [0.1, 0.15) is 28.0 Å². The minimum Gasteiger partial charge on any atom is -0.497 e. The molecular formula is C38H31BrNO5PS. The van der Waals surface area contributed by atoms with Gasteiger partial charge in [-0.25, -0.2) is 4.79 Å². The highest BCUT2D eigenvalue weighted by atomic mass is 79.9. The van der Waals surface area contributed by atoms with Gasteiger partial charge in [-0.1, -0.05) is 161 Å². The van der Waals surface area contributed by atoms with Gasteiger partial charge in [0.15, 0.2) is 0 Å². The monoisotopic (exact) mass is 723 g/mol. The first-order valence-electron chi connectivity index (χ1n) is 14.9. The molecule has 236 valence electrons. The van der Waals surface area contributed by atoms with Crippen molar-refractivity contribution in [1.82, 2.24) is 4.90 Å². The van der Waals surface area contributed by atoms with Gasteiger partial charge in [0, 0.05) is 12.4 Å². The van der Waals surface area contributed by atoms with Crippen LogP contribution in [-0.2, 0) is 20.9 Å². The summed E-state index contributed by atoms with van der Waals surface area (Å²) in [5.41, 5.74) is 1.49. The van der Waals surface area contributed by atoms with Crippen molar-refractivity contribution in [3.05, 3.63) is 157 Å². The van der Waals surface area contributed by atoms with E-state index in [1.54, 1.807) is 43.5 Å². The number of β-lactam (4-membered cyclic amide) rings is 1. The highest BCUT2D eigenvalue weighted by Gasteiger charge is 2.54. The Morgan fingerprint density at radius 2 is 1.19 bits per heavy atom. The average Bonchev–Trinajstić information content (AvgIpc) is 3.14. The topological polar surface area (TPSA) is 72.9 Å². The molecule has 6 rings (SSSR count). The van der Waals surface area contributed by atoms with Crippen LogP contribution < -0.4 is 20.7 Å². The number of hydrogen-bond acceptors (Lipinski definition) is 6. The molecule has 0 aromatic heterocycles. The summed E-state index contributed by atoms with van der Waals surface area (Å²) in [6, 6.07) is 45.6. The van der Waals surface area contributed by atoms with E-state index in [0.717, 1.165) is 33.2 Å². The van der Waals surface area contributed by atoms with Crippen LogP contribution in [0.3, 0.4) is 0 Å². The number of methoxy groups -OCH3 is 1. The van der Waals surface area contributed by atoms with Crippen molar-refractivity contribution in [2.24, 2.45) is 0 Å². The van der Waals surface area contributed by atoms with Gasteiger partial charge in [-0.2, -0.15) is 0 Å². The van der Waals surface area contributed by atoms with Crippen LogP contribution in [0, 0.1) is 0 Å². The Balaban J connectivity index is 1.60. The van der Waals surface area contributed by atoms with Crippen molar-refractivity contribution in [3.8, 4) is 5.75 Å². The lowest BCUT2D eigenvalue weighted by Crippen LogP contribution is -2.65. The van der Waals surface area contributed by atoms with Crippen molar-refractivity contribution >= 4 is 72.9 Å². The Hall–Kier alpha value is -4.36. The highest BCUT2D eigenvalue weighted by molar-refractivity contribution is 9.10. The number of halogens is 1. The summed E-state index contributed by atoms with van der Waals surface area (Å²) in [5, 5.41) is 1.72. The van der Waals surface area contributed by atoms with Crippen LogP contribution in [0.4, 0.5) is 0 Å². The van der Waals surface area contributed by atoms with Crippen LogP contribution in [0.2, 0.25) is 0 Å². The molecule has 0 bridgehead atoms. The zero-order chi connectivity index (χ0) is 32.8. The summed E-state index contributed by atoms with van der Waals surface area (Å²) >= 11 is 4.57. The molecule has 0 spiro atoms. The second kappa shape index (κ2) is 14.6. The number of nitrogens with zero attached hydrogens (tertiary/aromatic N) is 1. The molecule has 9 heteroatoms. The fourth-order valence-electron chi connectivity index (χ4n) is 5.62. The van der Waals surface area contributed by atoms with Crippen molar-refractivity contribution < 1.29 is 23.9 Å². The van der Waals surface area contributed by atoms with E-state index in [2.05, 4.69) is 15.9 Å². The van der Waals surface area contributed by atoms with Crippen LogP contribution in [0.25, 0.3) is 0 Å².